The SMILES string of the molecule is COc1cc(C(C)c2cc3c(cc2O)OCO3)cc(OC)c1OC. The molecule has 0 saturated carbocycles. The van der Waals surface area contributed by atoms with Crippen LogP contribution in [0.1, 0.15) is 24.0 Å². The van der Waals surface area contributed by atoms with Crippen LogP contribution in [0.2, 0.25) is 0 Å². The number of hydrogen-bond acceptors (Lipinski definition) is 6. The van der Waals surface area contributed by atoms with Crippen LogP contribution in [0.3, 0.4) is 0 Å². The van der Waals surface area contributed by atoms with Gasteiger partial charge in [-0.15, -0.1) is 0 Å². The largest absolute Gasteiger partial charge is 0.508 e. The van der Waals surface area contributed by atoms with E-state index in [1.54, 1.807) is 33.5 Å². The lowest BCUT2D eigenvalue weighted by molar-refractivity contribution is 0.174. The summed E-state index contributed by atoms with van der Waals surface area (Å²) in [6, 6.07) is 7.11. The van der Waals surface area contributed by atoms with Crippen molar-refractivity contribution in [3.05, 3.63) is 35.4 Å². The molecule has 1 heterocycles. The maximum Gasteiger partial charge on any atom is 0.231 e. The zero-order valence-corrected chi connectivity index (χ0v) is 14.1. The van der Waals surface area contributed by atoms with Crippen LogP contribution >= 0.6 is 0 Å². The number of ether oxygens (including phenoxy) is 5. The Bertz CT molecular complexity index is 730. The molecule has 1 unspecified atom stereocenters. The van der Waals surface area contributed by atoms with Crippen LogP contribution in [0.4, 0.5) is 0 Å². The average molecular weight is 332 g/mol. The zero-order chi connectivity index (χ0) is 17.3. The normalized spacial score (nSPS) is 13.5. The van der Waals surface area contributed by atoms with Gasteiger partial charge in [0.15, 0.2) is 23.0 Å². The highest BCUT2D eigenvalue weighted by Gasteiger charge is 2.23. The van der Waals surface area contributed by atoms with Gasteiger partial charge in [0.05, 0.1) is 21.3 Å². The Morgan fingerprint density at radius 1 is 0.917 bits per heavy atom. The maximum absolute atomic E-state index is 10.3. The molecule has 0 saturated heterocycles. The van der Waals surface area contributed by atoms with Gasteiger partial charge in [-0.2, -0.15) is 0 Å². The molecule has 2 aromatic rings. The van der Waals surface area contributed by atoms with Gasteiger partial charge in [0.25, 0.3) is 0 Å². The standard InChI is InChI=1S/C18H20O6/c1-10(12-7-14-15(8-13(12)19)24-9-23-14)11-5-16(20-2)18(22-4)17(6-11)21-3/h5-8,10,19H,9H2,1-4H3. The molecule has 1 atom stereocenters. The topological polar surface area (TPSA) is 66.4 Å². The summed E-state index contributed by atoms with van der Waals surface area (Å²) >= 11 is 0. The molecule has 1 aliphatic heterocycles. The highest BCUT2D eigenvalue weighted by atomic mass is 16.7. The highest BCUT2D eigenvalue weighted by molar-refractivity contribution is 5.58. The van der Waals surface area contributed by atoms with E-state index in [0.29, 0.717) is 28.7 Å². The first-order valence-corrected chi connectivity index (χ1v) is 7.51. The average Bonchev–Trinajstić information content (AvgIpc) is 3.06. The summed E-state index contributed by atoms with van der Waals surface area (Å²) in [4.78, 5) is 0. The molecule has 3 rings (SSSR count). The lowest BCUT2D eigenvalue weighted by Gasteiger charge is -2.19. The number of hydrogen-bond donors (Lipinski definition) is 1. The number of fused-ring (bicyclic) bond motifs is 1. The second-order valence-corrected chi connectivity index (χ2v) is 5.44. The molecule has 6 nitrogen and oxygen atoms in total. The molecule has 0 aliphatic carbocycles. The van der Waals surface area contributed by atoms with Gasteiger partial charge in [0.1, 0.15) is 5.75 Å². The zero-order valence-electron chi connectivity index (χ0n) is 14.1. The summed E-state index contributed by atoms with van der Waals surface area (Å²) in [5.41, 5.74) is 1.65. The summed E-state index contributed by atoms with van der Waals surface area (Å²) in [6.07, 6.45) is 0. The first kappa shape index (κ1) is 16.1. The molecule has 0 aromatic heterocycles. The monoisotopic (exact) mass is 332 g/mol. The summed E-state index contributed by atoms with van der Waals surface area (Å²) in [7, 11) is 4.71. The van der Waals surface area contributed by atoms with Crippen molar-refractivity contribution in [3.8, 4) is 34.5 Å². The molecule has 2 aromatic carbocycles. The molecule has 24 heavy (non-hydrogen) atoms. The Labute approximate surface area is 140 Å². The van der Waals surface area contributed by atoms with Crippen molar-refractivity contribution in [2.24, 2.45) is 0 Å². The summed E-state index contributed by atoms with van der Waals surface area (Å²) in [6.45, 7) is 2.15. The minimum Gasteiger partial charge on any atom is -0.508 e. The fourth-order valence-electron chi connectivity index (χ4n) is 2.82. The third-order valence-corrected chi connectivity index (χ3v) is 4.18. The number of methoxy groups -OCH3 is 3. The fraction of sp³-hybridized carbons (Fsp3) is 0.333. The van der Waals surface area contributed by atoms with E-state index in [9.17, 15) is 5.11 Å². The summed E-state index contributed by atoms with van der Waals surface area (Å²) in [5.74, 6) is 2.88. The Morgan fingerprint density at radius 2 is 1.50 bits per heavy atom. The van der Waals surface area contributed by atoms with E-state index in [1.807, 2.05) is 19.1 Å². The second kappa shape index (κ2) is 6.39. The number of phenolic OH excluding ortho intramolecular Hbond substituents is 1. The van der Waals surface area contributed by atoms with Crippen LogP contribution in [0.5, 0.6) is 34.5 Å². The molecule has 1 N–H and O–H groups in total. The van der Waals surface area contributed by atoms with Crippen molar-refractivity contribution >= 4 is 0 Å². The van der Waals surface area contributed by atoms with Crippen LogP contribution in [0.15, 0.2) is 24.3 Å². The van der Waals surface area contributed by atoms with Crippen LogP contribution in [0.25, 0.3) is 0 Å². The molecule has 0 fully saturated rings. The summed E-state index contributed by atoms with van der Waals surface area (Å²) < 4.78 is 26.8. The van der Waals surface area contributed by atoms with Crippen molar-refractivity contribution in [2.45, 2.75) is 12.8 Å². The van der Waals surface area contributed by atoms with Gasteiger partial charge in [0.2, 0.25) is 12.5 Å². The van der Waals surface area contributed by atoms with Gasteiger partial charge >= 0.3 is 0 Å². The molecule has 128 valence electrons. The molecule has 0 radical (unpaired) electrons. The van der Waals surface area contributed by atoms with Gasteiger partial charge < -0.3 is 28.8 Å². The van der Waals surface area contributed by atoms with Crippen LogP contribution < -0.4 is 23.7 Å². The van der Waals surface area contributed by atoms with E-state index in [1.165, 1.54) is 0 Å². The molecular formula is C18H20O6. The van der Waals surface area contributed by atoms with Crippen LogP contribution in [0, 0.1) is 0 Å². The molecular weight excluding hydrogens is 312 g/mol. The first-order valence-electron chi connectivity index (χ1n) is 7.51. The van der Waals surface area contributed by atoms with Gasteiger partial charge in [-0.1, -0.05) is 6.92 Å². The first-order chi connectivity index (χ1) is 11.6. The van der Waals surface area contributed by atoms with E-state index in [0.717, 1.165) is 11.1 Å². The third-order valence-electron chi connectivity index (χ3n) is 4.18. The van der Waals surface area contributed by atoms with E-state index in [4.69, 9.17) is 23.7 Å². The Balaban J connectivity index is 2.06. The van der Waals surface area contributed by atoms with Crippen molar-refractivity contribution in [1.82, 2.24) is 0 Å². The van der Waals surface area contributed by atoms with E-state index < -0.39 is 0 Å². The number of benzene rings is 2. The fourth-order valence-corrected chi connectivity index (χ4v) is 2.82. The maximum atomic E-state index is 10.3. The van der Waals surface area contributed by atoms with Crippen molar-refractivity contribution in [1.29, 1.82) is 0 Å². The van der Waals surface area contributed by atoms with Crippen molar-refractivity contribution in [3.63, 3.8) is 0 Å². The Hall–Kier alpha value is -2.76. The smallest absolute Gasteiger partial charge is 0.231 e. The minimum atomic E-state index is -0.117. The van der Waals surface area contributed by atoms with Gasteiger partial charge in [-0.3, -0.25) is 0 Å². The second-order valence-electron chi connectivity index (χ2n) is 5.44. The third kappa shape index (κ3) is 2.64. The van der Waals surface area contributed by atoms with Crippen LogP contribution in [-0.4, -0.2) is 33.2 Å². The predicted octanol–water partition coefficient (Wildman–Crippen LogP) is 3.30. The van der Waals surface area contributed by atoms with E-state index >= 15 is 0 Å². The molecule has 6 heteroatoms. The van der Waals surface area contributed by atoms with Crippen molar-refractivity contribution in [2.75, 3.05) is 28.1 Å². The molecule has 0 bridgehead atoms. The highest BCUT2D eigenvalue weighted by Crippen LogP contribution is 2.45. The van der Waals surface area contributed by atoms with Gasteiger partial charge in [-0.25, -0.2) is 0 Å². The quantitative estimate of drug-likeness (QED) is 0.906. The Morgan fingerprint density at radius 3 is 2.04 bits per heavy atom. The molecule has 1 aliphatic rings. The minimum absolute atomic E-state index is 0.117. The van der Waals surface area contributed by atoms with E-state index in [-0.39, 0.29) is 18.5 Å². The van der Waals surface area contributed by atoms with Gasteiger partial charge in [0, 0.05) is 17.5 Å². The van der Waals surface area contributed by atoms with Gasteiger partial charge in [-0.05, 0) is 23.8 Å². The number of phenols is 1. The molecule has 0 amide bonds. The van der Waals surface area contributed by atoms with E-state index in [2.05, 4.69) is 0 Å². The number of rotatable bonds is 5. The summed E-state index contributed by atoms with van der Waals surface area (Å²) in [5, 5.41) is 10.3. The predicted molar refractivity (Wildman–Crippen MR) is 87.8 cm³/mol. The molecule has 0 spiro atoms. The van der Waals surface area contributed by atoms with Crippen LogP contribution in [-0.2, 0) is 0 Å². The lowest BCUT2D eigenvalue weighted by Crippen LogP contribution is -2.01. The van der Waals surface area contributed by atoms with Crippen molar-refractivity contribution < 1.29 is 28.8 Å². The lowest BCUT2D eigenvalue weighted by atomic mass is 9.91. The number of aromatic hydroxyl groups is 1. The Kier molecular flexibility index (Phi) is 4.29.